The van der Waals surface area contributed by atoms with Crippen LogP contribution in [0.2, 0.25) is 0 Å². The van der Waals surface area contributed by atoms with Crippen LogP contribution in [0.3, 0.4) is 0 Å². The molecule has 2 heterocycles. The summed E-state index contributed by atoms with van der Waals surface area (Å²) in [5, 5.41) is 6.94. The number of aromatic nitrogens is 1. The van der Waals surface area contributed by atoms with Crippen molar-refractivity contribution >= 4 is 40.4 Å². The molecule has 0 spiro atoms. The zero-order valence-electron chi connectivity index (χ0n) is 17.0. The van der Waals surface area contributed by atoms with Gasteiger partial charge in [0.25, 0.3) is 5.91 Å². The molecule has 0 radical (unpaired) electrons. The van der Waals surface area contributed by atoms with Gasteiger partial charge in [0.1, 0.15) is 5.01 Å². The first kappa shape index (κ1) is 20.1. The van der Waals surface area contributed by atoms with Crippen molar-refractivity contribution in [3.05, 3.63) is 77.8 Å². The monoisotopic (exact) mass is 444 g/mol. The molecular formula is C24H20N4O3S. The Morgan fingerprint density at radius 2 is 1.88 bits per heavy atom. The summed E-state index contributed by atoms with van der Waals surface area (Å²) in [5.41, 5.74) is 5.10. The largest absolute Gasteiger partial charge is 0.322 e. The van der Waals surface area contributed by atoms with E-state index < -0.39 is 0 Å². The first-order valence-corrected chi connectivity index (χ1v) is 11.2. The van der Waals surface area contributed by atoms with Crippen molar-refractivity contribution in [2.45, 2.75) is 12.8 Å². The summed E-state index contributed by atoms with van der Waals surface area (Å²) in [6.45, 7) is 0. The molecule has 32 heavy (non-hydrogen) atoms. The number of rotatable bonds is 4. The van der Waals surface area contributed by atoms with Crippen molar-refractivity contribution in [3.8, 4) is 10.6 Å². The molecule has 2 unspecified atom stereocenters. The number of hydrazine groups is 1. The molecule has 2 aromatic carbocycles. The van der Waals surface area contributed by atoms with Gasteiger partial charge in [0.2, 0.25) is 11.8 Å². The van der Waals surface area contributed by atoms with Gasteiger partial charge in [-0.25, -0.2) is 9.99 Å². The number of fused-ring (bicyclic) bond motifs is 1. The lowest BCUT2D eigenvalue weighted by Gasteiger charge is -2.38. The lowest BCUT2D eigenvalue weighted by Crippen LogP contribution is -2.59. The molecule has 8 heteroatoms. The highest BCUT2D eigenvalue weighted by Crippen LogP contribution is 2.32. The molecule has 3 aromatic rings. The minimum atomic E-state index is -0.375. The number of thiazole rings is 1. The van der Waals surface area contributed by atoms with Gasteiger partial charge in [0.05, 0.1) is 17.5 Å². The van der Waals surface area contributed by atoms with Gasteiger partial charge in [0.15, 0.2) is 0 Å². The molecule has 7 nitrogen and oxygen atoms in total. The zero-order valence-corrected chi connectivity index (χ0v) is 17.8. The van der Waals surface area contributed by atoms with E-state index in [-0.39, 0.29) is 29.6 Å². The van der Waals surface area contributed by atoms with Crippen LogP contribution in [0.5, 0.6) is 0 Å². The molecule has 1 aromatic heterocycles. The summed E-state index contributed by atoms with van der Waals surface area (Å²) >= 11 is 1.53. The summed E-state index contributed by atoms with van der Waals surface area (Å²) in [5.74, 6) is -1.35. The summed E-state index contributed by atoms with van der Waals surface area (Å²) in [6, 6.07) is 14.2. The van der Waals surface area contributed by atoms with Crippen LogP contribution in [0, 0.1) is 11.8 Å². The summed E-state index contributed by atoms with van der Waals surface area (Å²) in [7, 11) is 0. The third kappa shape index (κ3) is 3.80. The highest BCUT2D eigenvalue weighted by Gasteiger charge is 2.42. The molecule has 2 aliphatic rings. The van der Waals surface area contributed by atoms with Crippen LogP contribution in [-0.2, 0) is 9.59 Å². The minimum Gasteiger partial charge on any atom is -0.322 e. The van der Waals surface area contributed by atoms with E-state index >= 15 is 0 Å². The highest BCUT2D eigenvalue weighted by atomic mass is 32.1. The van der Waals surface area contributed by atoms with Crippen molar-refractivity contribution in [2.24, 2.45) is 11.8 Å². The molecule has 0 bridgehead atoms. The molecule has 0 saturated carbocycles. The molecule has 5 rings (SSSR count). The molecule has 1 aliphatic carbocycles. The second kappa shape index (κ2) is 8.39. The van der Waals surface area contributed by atoms with Gasteiger partial charge in [-0.05, 0) is 43.2 Å². The Hall–Kier alpha value is -3.78. The number of allylic oxidation sites excluding steroid dienone is 2. The standard InChI is InChI=1S/C24H20N4O3S/c29-21(26-17-7-3-6-16(13-17)23-25-11-12-32-23)15-5-4-8-18(14-15)28-24(31)20-10-2-1-9-19(20)22(30)27-28/h1-8,11-14,19-20H,9-10H2,(H,26,29)(H,27,30). The topological polar surface area (TPSA) is 91.4 Å². The van der Waals surface area contributed by atoms with Gasteiger partial charge < -0.3 is 5.32 Å². The second-order valence-corrected chi connectivity index (χ2v) is 8.62. The molecular weight excluding hydrogens is 424 g/mol. The van der Waals surface area contributed by atoms with Gasteiger partial charge in [-0.2, -0.15) is 0 Å². The number of carbonyl (C=O) groups is 3. The molecule has 1 fully saturated rings. The average Bonchev–Trinajstić information content (AvgIpc) is 3.37. The maximum absolute atomic E-state index is 13.0. The Morgan fingerprint density at radius 1 is 1.06 bits per heavy atom. The van der Waals surface area contributed by atoms with Crippen LogP contribution >= 0.6 is 11.3 Å². The highest BCUT2D eigenvalue weighted by molar-refractivity contribution is 7.13. The zero-order chi connectivity index (χ0) is 22.1. The van der Waals surface area contributed by atoms with Gasteiger partial charge in [-0.1, -0.05) is 30.4 Å². The van der Waals surface area contributed by atoms with Crippen LogP contribution in [0.1, 0.15) is 23.2 Å². The first-order chi connectivity index (χ1) is 15.6. The Bertz CT molecular complexity index is 1220. The van der Waals surface area contributed by atoms with Crippen LogP contribution in [0.4, 0.5) is 11.4 Å². The third-order valence-corrected chi connectivity index (χ3v) is 6.52. The van der Waals surface area contributed by atoms with E-state index in [1.807, 2.05) is 41.8 Å². The van der Waals surface area contributed by atoms with Crippen molar-refractivity contribution in [1.82, 2.24) is 10.4 Å². The van der Waals surface area contributed by atoms with Crippen LogP contribution in [0.15, 0.2) is 72.3 Å². The van der Waals surface area contributed by atoms with Crippen LogP contribution in [0.25, 0.3) is 10.6 Å². The van der Waals surface area contributed by atoms with E-state index in [1.165, 1.54) is 16.3 Å². The molecule has 3 amide bonds. The lowest BCUT2D eigenvalue weighted by molar-refractivity contribution is -0.139. The van der Waals surface area contributed by atoms with Crippen LogP contribution in [-0.4, -0.2) is 22.7 Å². The number of carbonyl (C=O) groups excluding carboxylic acids is 3. The predicted molar refractivity (Wildman–Crippen MR) is 123 cm³/mol. The number of hydrogen-bond donors (Lipinski definition) is 2. The first-order valence-electron chi connectivity index (χ1n) is 10.3. The van der Waals surface area contributed by atoms with Crippen molar-refractivity contribution in [1.29, 1.82) is 0 Å². The number of benzene rings is 2. The molecule has 160 valence electrons. The number of hydrogen-bond acceptors (Lipinski definition) is 5. The summed E-state index contributed by atoms with van der Waals surface area (Å²) in [6.07, 6.45) is 6.74. The summed E-state index contributed by atoms with van der Waals surface area (Å²) in [4.78, 5) is 42.7. The molecule has 2 N–H and O–H groups in total. The molecule has 2 atom stereocenters. The second-order valence-electron chi connectivity index (χ2n) is 7.73. The molecule has 1 aliphatic heterocycles. The fourth-order valence-corrected chi connectivity index (χ4v) is 4.70. The normalized spacial score (nSPS) is 19.9. The number of nitrogens with zero attached hydrogens (tertiary/aromatic N) is 2. The minimum absolute atomic E-state index is 0.160. The fraction of sp³-hybridized carbons (Fsp3) is 0.167. The maximum atomic E-state index is 13.0. The Kier molecular flexibility index (Phi) is 5.28. The van der Waals surface area contributed by atoms with Crippen molar-refractivity contribution in [3.63, 3.8) is 0 Å². The fourth-order valence-electron chi connectivity index (χ4n) is 4.07. The number of amides is 3. The SMILES string of the molecule is O=C(Nc1cccc(-c2nccs2)c1)c1cccc(N2NC(=O)C3CC=CCC3C2=O)c1. The Morgan fingerprint density at radius 3 is 2.69 bits per heavy atom. The number of anilines is 2. The van der Waals surface area contributed by atoms with E-state index in [9.17, 15) is 14.4 Å². The smallest absolute Gasteiger partial charge is 0.255 e. The average molecular weight is 445 g/mol. The van der Waals surface area contributed by atoms with Crippen molar-refractivity contribution in [2.75, 3.05) is 10.3 Å². The molecule has 1 saturated heterocycles. The maximum Gasteiger partial charge on any atom is 0.255 e. The van der Waals surface area contributed by atoms with Gasteiger partial charge in [-0.15, -0.1) is 11.3 Å². The van der Waals surface area contributed by atoms with Crippen LogP contribution < -0.4 is 15.8 Å². The lowest BCUT2D eigenvalue weighted by atomic mass is 9.80. The van der Waals surface area contributed by atoms with Gasteiger partial charge in [0, 0.05) is 28.4 Å². The van der Waals surface area contributed by atoms with E-state index in [4.69, 9.17) is 0 Å². The number of nitrogens with one attached hydrogen (secondary N) is 2. The third-order valence-electron chi connectivity index (χ3n) is 5.70. The van der Waals surface area contributed by atoms with E-state index in [1.54, 1.807) is 30.5 Å². The van der Waals surface area contributed by atoms with E-state index in [0.717, 1.165) is 10.6 Å². The van der Waals surface area contributed by atoms with Gasteiger partial charge >= 0.3 is 0 Å². The van der Waals surface area contributed by atoms with E-state index in [0.29, 0.717) is 29.8 Å². The van der Waals surface area contributed by atoms with Gasteiger partial charge in [-0.3, -0.25) is 19.8 Å². The predicted octanol–water partition coefficient (Wildman–Crippen LogP) is 4.02. The Labute approximate surface area is 188 Å². The summed E-state index contributed by atoms with van der Waals surface area (Å²) < 4.78 is 0. The quantitative estimate of drug-likeness (QED) is 0.595. The van der Waals surface area contributed by atoms with Crippen molar-refractivity contribution < 1.29 is 14.4 Å². The Balaban J connectivity index is 1.36. The van der Waals surface area contributed by atoms with E-state index in [2.05, 4.69) is 15.7 Å².